The van der Waals surface area contributed by atoms with E-state index in [1.54, 1.807) is 4.68 Å². The molecule has 0 amide bonds. The maximum Gasteiger partial charge on any atom is 0.132 e. The summed E-state index contributed by atoms with van der Waals surface area (Å²) in [5.41, 5.74) is 4.34. The third kappa shape index (κ3) is 2.74. The fraction of sp³-hybridized carbons (Fsp3) is 0.571. The molecule has 20 heavy (non-hydrogen) atoms. The maximum atomic E-state index is 6.27. The van der Waals surface area contributed by atoms with Crippen LogP contribution in [0.4, 0.5) is 0 Å². The Morgan fingerprint density at radius 2 is 2.05 bits per heavy atom. The van der Waals surface area contributed by atoms with Gasteiger partial charge in [-0.25, -0.2) is 0 Å². The van der Waals surface area contributed by atoms with Crippen molar-refractivity contribution in [1.82, 2.24) is 24.9 Å². The first-order valence-electron chi connectivity index (χ1n) is 6.99. The maximum absolute atomic E-state index is 6.27. The van der Waals surface area contributed by atoms with Crippen LogP contribution in [0.1, 0.15) is 35.4 Å². The third-order valence-electron chi connectivity index (χ3n) is 3.80. The predicted molar refractivity (Wildman–Crippen MR) is 78.9 cm³/mol. The number of aromatic nitrogens is 4. The van der Waals surface area contributed by atoms with Crippen LogP contribution in [0.2, 0.25) is 5.15 Å². The highest BCUT2D eigenvalue weighted by Crippen LogP contribution is 2.21. The Bertz CT molecular complexity index is 624. The molecule has 2 aromatic heterocycles. The Morgan fingerprint density at radius 3 is 2.65 bits per heavy atom. The van der Waals surface area contributed by atoms with Gasteiger partial charge in [-0.15, -0.1) is 0 Å². The standard InChI is InChI=1S/C14H20ClN5/c1-9-11(6-16-12-4-5-12)7-20(18-9)8-13-10(2)17-19(3)14(13)15/h7,12,16H,4-6,8H2,1-3H3. The molecule has 108 valence electrons. The highest BCUT2D eigenvalue weighted by atomic mass is 35.5. The van der Waals surface area contributed by atoms with Crippen LogP contribution in [-0.4, -0.2) is 25.6 Å². The first-order chi connectivity index (χ1) is 9.54. The van der Waals surface area contributed by atoms with Crippen LogP contribution in [-0.2, 0) is 20.1 Å². The molecule has 1 saturated carbocycles. The minimum absolute atomic E-state index is 0.669. The lowest BCUT2D eigenvalue weighted by molar-refractivity contribution is 0.672. The van der Waals surface area contributed by atoms with Crippen LogP contribution >= 0.6 is 11.6 Å². The van der Waals surface area contributed by atoms with E-state index in [4.69, 9.17) is 11.6 Å². The highest BCUT2D eigenvalue weighted by Gasteiger charge is 2.21. The van der Waals surface area contributed by atoms with Crippen molar-refractivity contribution in [1.29, 1.82) is 0 Å². The zero-order valence-electron chi connectivity index (χ0n) is 12.1. The summed E-state index contributed by atoms with van der Waals surface area (Å²) < 4.78 is 3.66. The van der Waals surface area contributed by atoms with E-state index in [0.29, 0.717) is 17.7 Å². The van der Waals surface area contributed by atoms with Crippen LogP contribution < -0.4 is 5.32 Å². The van der Waals surface area contributed by atoms with Crippen molar-refractivity contribution in [3.05, 3.63) is 33.9 Å². The molecule has 0 atom stereocenters. The molecule has 1 aliphatic carbocycles. The topological polar surface area (TPSA) is 47.7 Å². The number of halogens is 1. The van der Waals surface area contributed by atoms with Gasteiger partial charge in [-0.2, -0.15) is 10.2 Å². The van der Waals surface area contributed by atoms with E-state index in [0.717, 1.165) is 23.5 Å². The third-order valence-corrected chi connectivity index (χ3v) is 4.27. The summed E-state index contributed by atoms with van der Waals surface area (Å²) in [5.74, 6) is 0. The van der Waals surface area contributed by atoms with Crippen molar-refractivity contribution in [2.75, 3.05) is 0 Å². The number of hydrogen-bond donors (Lipinski definition) is 1. The van der Waals surface area contributed by atoms with E-state index in [9.17, 15) is 0 Å². The molecule has 6 heteroatoms. The minimum atomic E-state index is 0.669. The molecule has 0 aliphatic heterocycles. The van der Waals surface area contributed by atoms with Gasteiger partial charge in [0.2, 0.25) is 0 Å². The zero-order valence-corrected chi connectivity index (χ0v) is 12.9. The Kier molecular flexibility index (Phi) is 3.56. The summed E-state index contributed by atoms with van der Waals surface area (Å²) in [6.45, 7) is 5.60. The molecular weight excluding hydrogens is 274 g/mol. The van der Waals surface area contributed by atoms with E-state index in [1.165, 1.54) is 18.4 Å². The fourth-order valence-corrected chi connectivity index (χ4v) is 2.61. The summed E-state index contributed by atoms with van der Waals surface area (Å²) in [6.07, 6.45) is 4.71. The van der Waals surface area contributed by atoms with Crippen molar-refractivity contribution < 1.29 is 0 Å². The van der Waals surface area contributed by atoms with E-state index >= 15 is 0 Å². The van der Waals surface area contributed by atoms with Gasteiger partial charge in [-0.05, 0) is 26.7 Å². The SMILES string of the molecule is Cc1nn(Cc2c(C)nn(C)c2Cl)cc1CNC1CC1. The van der Waals surface area contributed by atoms with E-state index in [1.807, 2.05) is 18.7 Å². The van der Waals surface area contributed by atoms with Gasteiger partial charge in [0, 0.05) is 37.0 Å². The Morgan fingerprint density at radius 1 is 1.30 bits per heavy atom. The summed E-state index contributed by atoms with van der Waals surface area (Å²) >= 11 is 6.27. The molecule has 0 unspecified atom stereocenters. The summed E-state index contributed by atoms with van der Waals surface area (Å²) in [7, 11) is 1.86. The monoisotopic (exact) mass is 293 g/mol. The van der Waals surface area contributed by atoms with Crippen molar-refractivity contribution in [2.24, 2.45) is 7.05 Å². The molecule has 0 spiro atoms. The number of hydrogen-bond acceptors (Lipinski definition) is 3. The second kappa shape index (κ2) is 5.22. The Balaban J connectivity index is 1.75. The lowest BCUT2D eigenvalue weighted by Gasteiger charge is -2.01. The van der Waals surface area contributed by atoms with Gasteiger partial charge in [0.1, 0.15) is 5.15 Å². The second-order valence-corrected chi connectivity index (χ2v) is 5.93. The summed E-state index contributed by atoms with van der Waals surface area (Å²) in [4.78, 5) is 0. The highest BCUT2D eigenvalue weighted by molar-refractivity contribution is 6.30. The lowest BCUT2D eigenvalue weighted by atomic mass is 10.2. The van der Waals surface area contributed by atoms with Crippen LogP contribution in [0.15, 0.2) is 6.20 Å². The molecule has 0 aromatic carbocycles. The Hall–Kier alpha value is -1.33. The van der Waals surface area contributed by atoms with Crippen LogP contribution in [0, 0.1) is 13.8 Å². The van der Waals surface area contributed by atoms with E-state index in [2.05, 4.69) is 28.6 Å². The van der Waals surface area contributed by atoms with Gasteiger partial charge in [-0.1, -0.05) is 11.6 Å². The van der Waals surface area contributed by atoms with Crippen molar-refractivity contribution in [3.8, 4) is 0 Å². The van der Waals surface area contributed by atoms with Gasteiger partial charge >= 0.3 is 0 Å². The van der Waals surface area contributed by atoms with Gasteiger partial charge in [0.25, 0.3) is 0 Å². The molecule has 0 bridgehead atoms. The number of aryl methyl sites for hydroxylation is 3. The molecular formula is C14H20ClN5. The number of nitrogens with zero attached hydrogens (tertiary/aromatic N) is 4. The van der Waals surface area contributed by atoms with Gasteiger partial charge in [0.05, 0.1) is 17.9 Å². The summed E-state index contributed by atoms with van der Waals surface area (Å²) in [5, 5.41) is 13.1. The number of nitrogens with one attached hydrogen (secondary N) is 1. The quantitative estimate of drug-likeness (QED) is 0.919. The molecule has 2 heterocycles. The van der Waals surface area contributed by atoms with Crippen LogP contribution in [0.25, 0.3) is 0 Å². The van der Waals surface area contributed by atoms with E-state index in [-0.39, 0.29) is 0 Å². The van der Waals surface area contributed by atoms with Crippen LogP contribution in [0.5, 0.6) is 0 Å². The molecule has 1 N–H and O–H groups in total. The second-order valence-electron chi connectivity index (χ2n) is 5.57. The molecule has 3 rings (SSSR count). The average Bonchev–Trinajstić information content (AvgIpc) is 3.12. The molecule has 0 saturated heterocycles. The van der Waals surface area contributed by atoms with E-state index < -0.39 is 0 Å². The Labute approximate surface area is 123 Å². The van der Waals surface area contributed by atoms with Gasteiger partial charge in [0.15, 0.2) is 0 Å². The largest absolute Gasteiger partial charge is 0.310 e. The fourth-order valence-electron chi connectivity index (χ4n) is 2.37. The van der Waals surface area contributed by atoms with Crippen molar-refractivity contribution in [2.45, 2.75) is 45.8 Å². The van der Waals surface area contributed by atoms with Crippen molar-refractivity contribution >= 4 is 11.6 Å². The minimum Gasteiger partial charge on any atom is -0.310 e. The van der Waals surface area contributed by atoms with Crippen LogP contribution in [0.3, 0.4) is 0 Å². The molecule has 0 radical (unpaired) electrons. The number of rotatable bonds is 5. The molecule has 2 aromatic rings. The molecule has 1 fully saturated rings. The first kappa shape index (κ1) is 13.6. The van der Waals surface area contributed by atoms with Gasteiger partial charge < -0.3 is 5.32 Å². The zero-order chi connectivity index (χ0) is 14.3. The molecule has 5 nitrogen and oxygen atoms in total. The predicted octanol–water partition coefficient (Wildman–Crippen LogP) is 2.19. The summed E-state index contributed by atoms with van der Waals surface area (Å²) in [6, 6.07) is 0.716. The smallest absolute Gasteiger partial charge is 0.132 e. The lowest BCUT2D eigenvalue weighted by Crippen LogP contribution is -2.15. The van der Waals surface area contributed by atoms with Crippen molar-refractivity contribution in [3.63, 3.8) is 0 Å². The molecule has 1 aliphatic rings. The average molecular weight is 294 g/mol. The van der Waals surface area contributed by atoms with Gasteiger partial charge in [-0.3, -0.25) is 9.36 Å². The normalized spacial score (nSPS) is 15.0. The first-order valence-corrected chi connectivity index (χ1v) is 7.36.